The van der Waals surface area contributed by atoms with Gasteiger partial charge in [-0.05, 0) is 18.2 Å². The summed E-state index contributed by atoms with van der Waals surface area (Å²) in [6.07, 6.45) is 0. The zero-order chi connectivity index (χ0) is 12.6. The largest absolute Gasteiger partial charge is 0.506 e. The number of nitrogens with one attached hydrogen (secondary N) is 1. The molecule has 0 atom stereocenters. The van der Waals surface area contributed by atoms with Crippen LogP contribution in [0.25, 0.3) is 0 Å². The SMILES string of the molecule is CNc1cc(S(=O)(=O)C(F)(F)F)ccc1O. The van der Waals surface area contributed by atoms with Crippen LogP contribution in [0.2, 0.25) is 0 Å². The molecule has 0 heterocycles. The standard InChI is InChI=1S/C8H8F3NO3S/c1-12-6-4-5(2-3-7(6)13)16(14,15)8(9,10)11/h2-4,12-13H,1H3. The summed E-state index contributed by atoms with van der Waals surface area (Å²) in [4.78, 5) is -0.915. The minimum absolute atomic E-state index is 0.0923. The molecule has 0 bridgehead atoms. The zero-order valence-corrected chi connectivity index (χ0v) is 8.85. The van der Waals surface area contributed by atoms with Crippen molar-refractivity contribution in [3.63, 3.8) is 0 Å². The van der Waals surface area contributed by atoms with E-state index in [1.54, 1.807) is 0 Å². The number of phenols is 1. The van der Waals surface area contributed by atoms with Crippen LogP contribution in [0.1, 0.15) is 0 Å². The molecule has 4 nitrogen and oxygen atoms in total. The number of halogens is 3. The van der Waals surface area contributed by atoms with Crippen molar-refractivity contribution in [3.8, 4) is 5.75 Å². The smallest absolute Gasteiger partial charge is 0.501 e. The molecule has 0 aliphatic rings. The maximum absolute atomic E-state index is 12.2. The molecule has 8 heteroatoms. The monoisotopic (exact) mass is 255 g/mol. The Labute approximate surface area is 89.6 Å². The van der Waals surface area contributed by atoms with Crippen LogP contribution in [0, 0.1) is 0 Å². The Balaban J connectivity index is 3.36. The summed E-state index contributed by atoms with van der Waals surface area (Å²) in [5.41, 5.74) is -5.44. The lowest BCUT2D eigenvalue weighted by atomic mass is 10.3. The van der Waals surface area contributed by atoms with E-state index in [0.717, 1.165) is 12.1 Å². The summed E-state index contributed by atoms with van der Waals surface area (Å²) in [6, 6.07) is 2.29. The molecule has 0 saturated heterocycles. The van der Waals surface area contributed by atoms with Gasteiger partial charge in [-0.15, -0.1) is 0 Å². The quantitative estimate of drug-likeness (QED) is 0.790. The van der Waals surface area contributed by atoms with Crippen LogP contribution in [0.5, 0.6) is 5.75 Å². The maximum Gasteiger partial charge on any atom is 0.501 e. The summed E-state index contributed by atoms with van der Waals surface area (Å²) < 4.78 is 58.6. The predicted octanol–water partition coefficient (Wildman–Crippen LogP) is 1.73. The van der Waals surface area contributed by atoms with Gasteiger partial charge in [-0.25, -0.2) is 8.42 Å². The zero-order valence-electron chi connectivity index (χ0n) is 8.04. The fourth-order valence-corrected chi connectivity index (χ4v) is 1.80. The third-order valence-corrected chi connectivity index (χ3v) is 3.34. The summed E-state index contributed by atoms with van der Waals surface area (Å²) in [6.45, 7) is 0. The van der Waals surface area contributed by atoms with Gasteiger partial charge in [0.25, 0.3) is 9.84 Å². The highest BCUT2D eigenvalue weighted by Crippen LogP contribution is 2.33. The lowest BCUT2D eigenvalue weighted by Crippen LogP contribution is -2.23. The number of phenolic OH excluding ortho intramolecular Hbond substituents is 1. The van der Waals surface area contributed by atoms with E-state index in [1.807, 2.05) is 0 Å². The first-order valence-corrected chi connectivity index (χ1v) is 5.50. The number of hydrogen-bond acceptors (Lipinski definition) is 4. The summed E-state index contributed by atoms with van der Waals surface area (Å²) in [7, 11) is -4.03. The Kier molecular flexibility index (Phi) is 3.04. The molecule has 0 aromatic heterocycles. The van der Waals surface area contributed by atoms with E-state index in [0.29, 0.717) is 6.07 Å². The first kappa shape index (κ1) is 12.6. The van der Waals surface area contributed by atoms with Crippen molar-refractivity contribution >= 4 is 15.5 Å². The normalized spacial score (nSPS) is 12.5. The van der Waals surface area contributed by atoms with E-state index in [-0.39, 0.29) is 11.4 Å². The first-order valence-electron chi connectivity index (χ1n) is 4.02. The van der Waals surface area contributed by atoms with Crippen molar-refractivity contribution in [2.24, 2.45) is 0 Å². The fourth-order valence-electron chi connectivity index (χ4n) is 1.02. The highest BCUT2D eigenvalue weighted by molar-refractivity contribution is 7.92. The number of sulfone groups is 1. The van der Waals surface area contributed by atoms with E-state index in [9.17, 15) is 21.6 Å². The van der Waals surface area contributed by atoms with Gasteiger partial charge in [0.05, 0.1) is 10.6 Å². The first-order chi connectivity index (χ1) is 7.20. The van der Waals surface area contributed by atoms with Crippen molar-refractivity contribution in [1.82, 2.24) is 0 Å². The Hall–Kier alpha value is -1.44. The van der Waals surface area contributed by atoms with Crippen molar-refractivity contribution in [2.45, 2.75) is 10.4 Å². The molecule has 16 heavy (non-hydrogen) atoms. The van der Waals surface area contributed by atoms with Gasteiger partial charge in [-0.2, -0.15) is 13.2 Å². The highest BCUT2D eigenvalue weighted by Gasteiger charge is 2.47. The van der Waals surface area contributed by atoms with Crippen LogP contribution in [0.15, 0.2) is 23.1 Å². The van der Waals surface area contributed by atoms with Crippen LogP contribution < -0.4 is 5.32 Å². The number of anilines is 1. The number of rotatable bonds is 2. The van der Waals surface area contributed by atoms with E-state index in [2.05, 4.69) is 5.32 Å². The molecular formula is C8H8F3NO3S. The minimum Gasteiger partial charge on any atom is -0.506 e. The Bertz CT molecular complexity index is 496. The molecule has 0 spiro atoms. The molecular weight excluding hydrogens is 247 g/mol. The Morgan fingerprint density at radius 2 is 1.88 bits per heavy atom. The van der Waals surface area contributed by atoms with E-state index >= 15 is 0 Å². The van der Waals surface area contributed by atoms with Gasteiger partial charge in [-0.1, -0.05) is 0 Å². The van der Waals surface area contributed by atoms with Crippen LogP contribution >= 0.6 is 0 Å². The van der Waals surface area contributed by atoms with Crippen LogP contribution in [0.4, 0.5) is 18.9 Å². The van der Waals surface area contributed by atoms with Gasteiger partial charge in [0.2, 0.25) is 0 Å². The van der Waals surface area contributed by atoms with Gasteiger partial charge in [0.1, 0.15) is 5.75 Å². The molecule has 0 aliphatic heterocycles. The lowest BCUT2D eigenvalue weighted by Gasteiger charge is -2.10. The highest BCUT2D eigenvalue weighted by atomic mass is 32.2. The molecule has 0 amide bonds. The molecule has 0 saturated carbocycles. The summed E-state index contributed by atoms with van der Waals surface area (Å²) in [5, 5.41) is 11.5. The third-order valence-electron chi connectivity index (χ3n) is 1.85. The molecule has 0 fully saturated rings. The molecule has 1 aromatic carbocycles. The predicted molar refractivity (Wildman–Crippen MR) is 50.9 cm³/mol. The summed E-state index contributed by atoms with van der Waals surface area (Å²) >= 11 is 0. The Morgan fingerprint density at radius 3 is 2.31 bits per heavy atom. The lowest BCUT2D eigenvalue weighted by molar-refractivity contribution is -0.0436. The van der Waals surface area contributed by atoms with E-state index < -0.39 is 20.2 Å². The maximum atomic E-state index is 12.2. The average Bonchev–Trinajstić information content (AvgIpc) is 2.16. The van der Waals surface area contributed by atoms with Crippen molar-refractivity contribution in [3.05, 3.63) is 18.2 Å². The number of aromatic hydroxyl groups is 1. The second-order valence-electron chi connectivity index (χ2n) is 2.88. The van der Waals surface area contributed by atoms with Crippen LogP contribution in [-0.2, 0) is 9.84 Å². The van der Waals surface area contributed by atoms with Crippen LogP contribution in [0.3, 0.4) is 0 Å². The fraction of sp³-hybridized carbons (Fsp3) is 0.250. The van der Waals surface area contributed by atoms with E-state index in [4.69, 9.17) is 5.11 Å². The molecule has 1 aromatic rings. The number of hydrogen-bond donors (Lipinski definition) is 2. The van der Waals surface area contributed by atoms with E-state index in [1.165, 1.54) is 7.05 Å². The minimum atomic E-state index is -5.38. The molecule has 90 valence electrons. The van der Waals surface area contributed by atoms with Crippen molar-refractivity contribution in [1.29, 1.82) is 0 Å². The molecule has 0 radical (unpaired) electrons. The average molecular weight is 255 g/mol. The van der Waals surface area contributed by atoms with Crippen molar-refractivity contribution < 1.29 is 26.7 Å². The van der Waals surface area contributed by atoms with Gasteiger partial charge in [0, 0.05) is 7.05 Å². The second-order valence-corrected chi connectivity index (χ2v) is 4.82. The van der Waals surface area contributed by atoms with Crippen LogP contribution in [-0.4, -0.2) is 26.1 Å². The van der Waals surface area contributed by atoms with Gasteiger partial charge >= 0.3 is 5.51 Å². The Morgan fingerprint density at radius 1 is 1.31 bits per heavy atom. The molecule has 0 unspecified atom stereocenters. The van der Waals surface area contributed by atoms with Gasteiger partial charge in [0.15, 0.2) is 0 Å². The molecule has 0 aliphatic carbocycles. The van der Waals surface area contributed by atoms with Gasteiger partial charge < -0.3 is 10.4 Å². The molecule has 1 rings (SSSR count). The van der Waals surface area contributed by atoms with Crippen molar-refractivity contribution in [2.75, 3.05) is 12.4 Å². The second kappa shape index (κ2) is 3.85. The molecule has 2 N–H and O–H groups in total. The van der Waals surface area contributed by atoms with Gasteiger partial charge in [-0.3, -0.25) is 0 Å². The number of benzene rings is 1. The number of alkyl halides is 3. The summed E-state index contributed by atoms with van der Waals surface area (Å²) in [5.74, 6) is -0.330. The third kappa shape index (κ3) is 2.06. The topological polar surface area (TPSA) is 66.4 Å².